The number of benzene rings is 2. The Balaban J connectivity index is 2.22. The van der Waals surface area contributed by atoms with Gasteiger partial charge >= 0.3 is 0 Å². The molecule has 2 N–H and O–H groups in total. The minimum absolute atomic E-state index is 0.193. The molecule has 0 unspecified atom stereocenters. The van der Waals surface area contributed by atoms with Crippen molar-refractivity contribution in [1.29, 1.82) is 5.26 Å². The number of hydrogen-bond donors (Lipinski definition) is 2. The summed E-state index contributed by atoms with van der Waals surface area (Å²) in [7, 11) is 0. The number of carbonyl (C=O) groups is 1. The number of nitriles is 1. The Bertz CT molecular complexity index is 732. The Kier molecular flexibility index (Phi) is 5.89. The highest BCUT2D eigenvalue weighted by Gasteiger charge is 2.10. The van der Waals surface area contributed by atoms with Gasteiger partial charge in [0.1, 0.15) is 6.07 Å². The molecular weight excluding hydrogens is 288 g/mol. The summed E-state index contributed by atoms with van der Waals surface area (Å²) in [4.78, 5) is 11.8. The first-order valence-electron chi connectivity index (χ1n) is 7.42. The Morgan fingerprint density at radius 1 is 1.13 bits per heavy atom. The molecule has 5 nitrogen and oxygen atoms in total. The van der Waals surface area contributed by atoms with Crippen molar-refractivity contribution in [3.05, 3.63) is 54.6 Å². The maximum Gasteiger partial charge on any atom is 0.282 e. The lowest BCUT2D eigenvalue weighted by molar-refractivity contribution is -0.114. The Morgan fingerprint density at radius 2 is 1.83 bits per heavy atom. The van der Waals surface area contributed by atoms with Gasteiger partial charge in [0.05, 0.1) is 5.69 Å². The van der Waals surface area contributed by atoms with E-state index in [1.165, 1.54) is 0 Å². The molecule has 2 aromatic carbocycles. The standard InChI is InChI=1S/C18H18N4O/c1-2-12-20-18(23)17(13-19)22-21-16-11-7-6-10-15(16)14-8-4-3-5-9-14/h3-11,21H,2,12H2,1H3,(H,20,23)/b22-17-. The maximum absolute atomic E-state index is 11.8. The van der Waals surface area contributed by atoms with Crippen LogP contribution >= 0.6 is 0 Å². The van der Waals surface area contributed by atoms with Gasteiger partial charge in [-0.3, -0.25) is 10.2 Å². The molecule has 0 fully saturated rings. The van der Waals surface area contributed by atoms with E-state index >= 15 is 0 Å². The Hall–Kier alpha value is -3.13. The van der Waals surface area contributed by atoms with Gasteiger partial charge in [-0.1, -0.05) is 55.5 Å². The fourth-order valence-electron chi connectivity index (χ4n) is 2.01. The molecule has 116 valence electrons. The molecule has 0 bridgehead atoms. The molecule has 2 aromatic rings. The second-order valence-corrected chi connectivity index (χ2v) is 4.85. The van der Waals surface area contributed by atoms with E-state index in [-0.39, 0.29) is 5.71 Å². The van der Waals surface area contributed by atoms with E-state index in [1.807, 2.05) is 67.6 Å². The Morgan fingerprint density at radius 3 is 2.52 bits per heavy atom. The number of anilines is 1. The maximum atomic E-state index is 11.8. The van der Waals surface area contributed by atoms with Crippen molar-refractivity contribution >= 4 is 17.3 Å². The van der Waals surface area contributed by atoms with E-state index in [0.29, 0.717) is 6.54 Å². The summed E-state index contributed by atoms with van der Waals surface area (Å²) in [5.41, 5.74) is 5.34. The molecule has 0 radical (unpaired) electrons. The highest BCUT2D eigenvalue weighted by atomic mass is 16.1. The minimum atomic E-state index is -0.473. The number of nitrogens with one attached hydrogen (secondary N) is 2. The average Bonchev–Trinajstić information content (AvgIpc) is 2.61. The molecule has 0 heterocycles. The number of carbonyl (C=O) groups excluding carboxylic acids is 1. The van der Waals surface area contributed by atoms with Crippen LogP contribution in [0.15, 0.2) is 59.7 Å². The van der Waals surface area contributed by atoms with Gasteiger partial charge in [0.25, 0.3) is 5.91 Å². The van der Waals surface area contributed by atoms with E-state index in [9.17, 15) is 4.79 Å². The molecular formula is C18H18N4O. The second kappa shape index (κ2) is 8.35. The molecule has 0 aliphatic carbocycles. The average molecular weight is 306 g/mol. The van der Waals surface area contributed by atoms with Gasteiger partial charge in [-0.25, -0.2) is 0 Å². The van der Waals surface area contributed by atoms with Gasteiger partial charge in [0.15, 0.2) is 0 Å². The van der Waals surface area contributed by atoms with Gasteiger partial charge in [-0.15, -0.1) is 0 Å². The normalized spacial score (nSPS) is 10.7. The molecule has 2 rings (SSSR count). The van der Waals surface area contributed by atoms with E-state index in [2.05, 4.69) is 15.8 Å². The number of hydrazone groups is 1. The molecule has 0 spiro atoms. The van der Waals surface area contributed by atoms with Crippen molar-refractivity contribution in [1.82, 2.24) is 5.32 Å². The van der Waals surface area contributed by atoms with Crippen LogP contribution in [0.5, 0.6) is 0 Å². The van der Waals surface area contributed by atoms with Crippen molar-refractivity contribution in [3.8, 4) is 17.2 Å². The van der Waals surface area contributed by atoms with Gasteiger partial charge in [0.2, 0.25) is 5.71 Å². The summed E-state index contributed by atoms with van der Waals surface area (Å²) in [5.74, 6) is -0.473. The second-order valence-electron chi connectivity index (χ2n) is 4.85. The summed E-state index contributed by atoms with van der Waals surface area (Å²) in [6, 6.07) is 19.3. The molecule has 0 atom stereocenters. The predicted octanol–water partition coefficient (Wildman–Crippen LogP) is 3.17. The lowest BCUT2D eigenvalue weighted by Gasteiger charge is -2.09. The number of nitrogens with zero attached hydrogens (tertiary/aromatic N) is 2. The van der Waals surface area contributed by atoms with Crippen LogP contribution in [0.25, 0.3) is 11.1 Å². The van der Waals surface area contributed by atoms with Gasteiger partial charge in [-0.05, 0) is 18.1 Å². The highest BCUT2D eigenvalue weighted by molar-refractivity contribution is 6.45. The zero-order valence-electron chi connectivity index (χ0n) is 12.9. The van der Waals surface area contributed by atoms with Crippen molar-refractivity contribution in [2.45, 2.75) is 13.3 Å². The fraction of sp³-hybridized carbons (Fsp3) is 0.167. The highest BCUT2D eigenvalue weighted by Crippen LogP contribution is 2.27. The van der Waals surface area contributed by atoms with E-state index in [1.54, 1.807) is 0 Å². The van der Waals surface area contributed by atoms with Gasteiger partial charge in [-0.2, -0.15) is 10.4 Å². The van der Waals surface area contributed by atoms with Crippen LogP contribution in [0, 0.1) is 11.3 Å². The van der Waals surface area contributed by atoms with Crippen molar-refractivity contribution in [2.75, 3.05) is 12.0 Å². The number of hydrogen-bond acceptors (Lipinski definition) is 4. The van der Waals surface area contributed by atoms with Crippen molar-refractivity contribution < 1.29 is 4.79 Å². The van der Waals surface area contributed by atoms with E-state index < -0.39 is 5.91 Å². The zero-order chi connectivity index (χ0) is 16.5. The predicted molar refractivity (Wildman–Crippen MR) is 91.8 cm³/mol. The first-order valence-corrected chi connectivity index (χ1v) is 7.42. The lowest BCUT2D eigenvalue weighted by atomic mass is 10.0. The SMILES string of the molecule is CCCNC(=O)/C(C#N)=N\Nc1ccccc1-c1ccccc1. The summed E-state index contributed by atoms with van der Waals surface area (Å²) in [5, 5.41) is 15.7. The van der Waals surface area contributed by atoms with E-state index in [0.717, 1.165) is 23.2 Å². The summed E-state index contributed by atoms with van der Waals surface area (Å²) in [6.07, 6.45) is 0.800. The third kappa shape index (κ3) is 4.42. The lowest BCUT2D eigenvalue weighted by Crippen LogP contribution is -2.31. The van der Waals surface area contributed by atoms with Crippen LogP contribution in [0.2, 0.25) is 0 Å². The van der Waals surface area contributed by atoms with Gasteiger partial charge in [0, 0.05) is 12.1 Å². The molecule has 0 aromatic heterocycles. The molecule has 5 heteroatoms. The van der Waals surface area contributed by atoms with Crippen molar-refractivity contribution in [2.24, 2.45) is 5.10 Å². The van der Waals surface area contributed by atoms with Crippen molar-refractivity contribution in [3.63, 3.8) is 0 Å². The quantitative estimate of drug-likeness (QED) is 0.635. The van der Waals surface area contributed by atoms with Crippen LogP contribution in [-0.4, -0.2) is 18.2 Å². The third-order valence-electron chi connectivity index (χ3n) is 3.16. The van der Waals surface area contributed by atoms with E-state index in [4.69, 9.17) is 5.26 Å². The molecule has 0 saturated heterocycles. The zero-order valence-corrected chi connectivity index (χ0v) is 12.9. The fourth-order valence-corrected chi connectivity index (χ4v) is 2.01. The number of amides is 1. The van der Waals surface area contributed by atoms with Crippen LogP contribution in [0.1, 0.15) is 13.3 Å². The monoisotopic (exact) mass is 306 g/mol. The topological polar surface area (TPSA) is 77.3 Å². The Labute approximate surface area is 135 Å². The number of rotatable bonds is 6. The molecule has 23 heavy (non-hydrogen) atoms. The number of para-hydroxylation sites is 1. The summed E-state index contributed by atoms with van der Waals surface area (Å²) >= 11 is 0. The van der Waals surface area contributed by atoms with Crippen LogP contribution in [0.4, 0.5) is 5.69 Å². The largest absolute Gasteiger partial charge is 0.350 e. The molecule has 0 aliphatic heterocycles. The van der Waals surface area contributed by atoms with Crippen LogP contribution in [-0.2, 0) is 4.79 Å². The van der Waals surface area contributed by atoms with Crippen LogP contribution in [0.3, 0.4) is 0 Å². The molecule has 1 amide bonds. The smallest absolute Gasteiger partial charge is 0.282 e. The first-order chi connectivity index (χ1) is 11.3. The van der Waals surface area contributed by atoms with Crippen LogP contribution < -0.4 is 10.7 Å². The van der Waals surface area contributed by atoms with Gasteiger partial charge < -0.3 is 5.32 Å². The summed E-state index contributed by atoms with van der Waals surface area (Å²) < 4.78 is 0. The first kappa shape index (κ1) is 16.2. The summed E-state index contributed by atoms with van der Waals surface area (Å²) in [6.45, 7) is 2.46. The molecule has 0 saturated carbocycles. The minimum Gasteiger partial charge on any atom is -0.350 e. The third-order valence-corrected chi connectivity index (χ3v) is 3.16. The molecule has 0 aliphatic rings.